The van der Waals surface area contributed by atoms with Gasteiger partial charge in [-0.15, -0.1) is 28.1 Å². The number of amides is 1. The van der Waals surface area contributed by atoms with Gasteiger partial charge in [0.05, 0.1) is 18.4 Å². The van der Waals surface area contributed by atoms with Gasteiger partial charge in [0.1, 0.15) is 10.8 Å². The molecule has 1 saturated carbocycles. The maximum atomic E-state index is 12.9. The molecule has 0 bridgehead atoms. The van der Waals surface area contributed by atoms with Crippen LogP contribution in [-0.4, -0.2) is 39.5 Å². The molecule has 0 aliphatic heterocycles. The van der Waals surface area contributed by atoms with Gasteiger partial charge in [-0.25, -0.2) is 4.79 Å². The Kier molecular flexibility index (Phi) is 9.43. The molecule has 0 aromatic carbocycles. The zero-order chi connectivity index (χ0) is 24.6. The molecule has 35 heavy (non-hydrogen) atoms. The maximum Gasteiger partial charge on any atom is 0.341 e. The van der Waals surface area contributed by atoms with Crippen LogP contribution in [0.5, 0.6) is 0 Å². The van der Waals surface area contributed by atoms with Crippen LogP contribution in [0.15, 0.2) is 17.8 Å². The third-order valence-corrected chi connectivity index (χ3v) is 9.12. The molecule has 2 aromatic rings. The Hall–Kier alpha value is -2.13. The number of allylic oxidation sites excluding steroid dienone is 1. The summed E-state index contributed by atoms with van der Waals surface area (Å²) in [6, 6.07) is 0. The van der Waals surface area contributed by atoms with Crippen molar-refractivity contribution in [3.63, 3.8) is 0 Å². The van der Waals surface area contributed by atoms with Crippen molar-refractivity contribution in [3.05, 3.63) is 34.5 Å². The molecule has 1 fully saturated rings. The van der Waals surface area contributed by atoms with Gasteiger partial charge in [-0.1, -0.05) is 62.8 Å². The third kappa shape index (κ3) is 6.55. The Morgan fingerprint density at radius 2 is 1.89 bits per heavy atom. The van der Waals surface area contributed by atoms with Gasteiger partial charge in [0.15, 0.2) is 5.16 Å². The molecule has 1 N–H and O–H groups in total. The van der Waals surface area contributed by atoms with Crippen LogP contribution in [-0.2, 0) is 35.3 Å². The Morgan fingerprint density at radius 3 is 2.63 bits per heavy atom. The molecule has 0 unspecified atom stereocenters. The first-order valence-electron chi connectivity index (χ1n) is 12.8. The van der Waals surface area contributed by atoms with Crippen molar-refractivity contribution in [1.29, 1.82) is 0 Å². The SMILES string of the molecule is C=CCn1c(CC2CCCCC2)nnc1SCC(=O)Nc1sc2c(c1C(=O)OC)CCCCCC2. The molecule has 0 spiro atoms. The summed E-state index contributed by atoms with van der Waals surface area (Å²) in [6.45, 7) is 4.52. The van der Waals surface area contributed by atoms with Crippen molar-refractivity contribution in [2.75, 3.05) is 18.2 Å². The molecule has 2 aromatic heterocycles. The van der Waals surface area contributed by atoms with E-state index in [1.807, 2.05) is 6.08 Å². The summed E-state index contributed by atoms with van der Waals surface area (Å²) in [5.74, 6) is 1.31. The van der Waals surface area contributed by atoms with Crippen LogP contribution in [0.2, 0.25) is 0 Å². The van der Waals surface area contributed by atoms with E-state index in [0.717, 1.165) is 48.6 Å². The normalized spacial score (nSPS) is 16.7. The second-order valence-electron chi connectivity index (χ2n) is 9.46. The van der Waals surface area contributed by atoms with E-state index in [1.54, 1.807) is 0 Å². The standard InChI is InChI=1S/C26H36N4O3S2/c1-3-15-30-21(16-18-11-7-6-8-12-18)28-29-26(30)34-17-22(31)27-24-23(25(32)33-2)19-13-9-4-5-10-14-20(19)35-24/h3,18H,1,4-17H2,2H3,(H,27,31). The van der Waals surface area contributed by atoms with Crippen LogP contribution in [0.4, 0.5) is 5.00 Å². The number of thiophene rings is 1. The lowest BCUT2D eigenvalue weighted by Gasteiger charge is -2.21. The monoisotopic (exact) mass is 516 g/mol. The largest absolute Gasteiger partial charge is 0.465 e. The molecule has 1 amide bonds. The van der Waals surface area contributed by atoms with E-state index in [0.29, 0.717) is 23.0 Å². The van der Waals surface area contributed by atoms with E-state index in [4.69, 9.17) is 4.74 Å². The Morgan fingerprint density at radius 1 is 1.14 bits per heavy atom. The highest BCUT2D eigenvalue weighted by molar-refractivity contribution is 7.99. The second-order valence-corrected chi connectivity index (χ2v) is 11.5. The second kappa shape index (κ2) is 12.7. The number of esters is 1. The van der Waals surface area contributed by atoms with Gasteiger partial charge < -0.3 is 14.6 Å². The van der Waals surface area contributed by atoms with E-state index in [1.165, 1.54) is 80.0 Å². The van der Waals surface area contributed by atoms with E-state index in [2.05, 4.69) is 26.7 Å². The summed E-state index contributed by atoms with van der Waals surface area (Å²) >= 11 is 2.90. The number of rotatable bonds is 9. The summed E-state index contributed by atoms with van der Waals surface area (Å²) in [5.41, 5.74) is 1.60. The molecule has 0 saturated heterocycles. The summed E-state index contributed by atoms with van der Waals surface area (Å²) in [6.07, 6.45) is 15.5. The molecule has 2 aliphatic carbocycles. The number of fused-ring (bicyclic) bond motifs is 1. The Balaban J connectivity index is 1.44. The summed E-state index contributed by atoms with van der Waals surface area (Å²) in [5, 5.41) is 13.2. The van der Waals surface area contributed by atoms with E-state index >= 15 is 0 Å². The molecule has 9 heteroatoms. The van der Waals surface area contributed by atoms with Gasteiger partial charge in [-0.05, 0) is 37.2 Å². The van der Waals surface area contributed by atoms with Crippen LogP contribution < -0.4 is 5.32 Å². The van der Waals surface area contributed by atoms with Crippen LogP contribution in [0.1, 0.15) is 84.4 Å². The highest BCUT2D eigenvalue weighted by Gasteiger charge is 2.26. The number of aromatic nitrogens is 3. The van der Waals surface area contributed by atoms with Crippen molar-refractivity contribution in [1.82, 2.24) is 14.8 Å². The number of thioether (sulfide) groups is 1. The van der Waals surface area contributed by atoms with Crippen LogP contribution in [0.25, 0.3) is 0 Å². The minimum Gasteiger partial charge on any atom is -0.465 e. The first-order chi connectivity index (χ1) is 17.1. The van der Waals surface area contributed by atoms with E-state index in [9.17, 15) is 9.59 Å². The highest BCUT2D eigenvalue weighted by atomic mass is 32.2. The topological polar surface area (TPSA) is 86.1 Å². The van der Waals surface area contributed by atoms with E-state index < -0.39 is 0 Å². The average molecular weight is 517 g/mol. The molecule has 4 rings (SSSR count). The first-order valence-corrected chi connectivity index (χ1v) is 14.6. The van der Waals surface area contributed by atoms with Crippen LogP contribution >= 0.6 is 23.1 Å². The van der Waals surface area contributed by atoms with E-state index in [-0.39, 0.29) is 17.6 Å². The number of carbonyl (C=O) groups is 2. The van der Waals surface area contributed by atoms with Crippen molar-refractivity contribution in [2.45, 2.75) is 88.8 Å². The molecule has 0 atom stereocenters. The third-order valence-electron chi connectivity index (χ3n) is 6.95. The molecular weight excluding hydrogens is 480 g/mol. The molecule has 2 heterocycles. The Bertz CT molecular complexity index is 1040. The van der Waals surface area contributed by atoms with Crippen LogP contribution in [0.3, 0.4) is 0 Å². The predicted octanol–water partition coefficient (Wildman–Crippen LogP) is 5.82. The lowest BCUT2D eigenvalue weighted by molar-refractivity contribution is -0.113. The fraction of sp³-hybridized carbons (Fsp3) is 0.615. The van der Waals surface area contributed by atoms with Crippen molar-refractivity contribution in [2.24, 2.45) is 5.92 Å². The molecule has 7 nitrogen and oxygen atoms in total. The van der Waals surface area contributed by atoms with Gasteiger partial charge in [-0.2, -0.15) is 0 Å². The fourth-order valence-corrected chi connectivity index (χ4v) is 7.22. The smallest absolute Gasteiger partial charge is 0.341 e. The van der Waals surface area contributed by atoms with Gasteiger partial charge in [-0.3, -0.25) is 4.79 Å². The summed E-state index contributed by atoms with van der Waals surface area (Å²) in [7, 11) is 1.40. The fourth-order valence-electron chi connectivity index (χ4n) is 5.16. The lowest BCUT2D eigenvalue weighted by atomic mass is 9.87. The molecule has 2 aliphatic rings. The number of hydrogen-bond donors (Lipinski definition) is 1. The van der Waals surface area contributed by atoms with Crippen molar-refractivity contribution < 1.29 is 14.3 Å². The van der Waals surface area contributed by atoms with Crippen molar-refractivity contribution >= 4 is 40.0 Å². The molecule has 0 radical (unpaired) electrons. The zero-order valence-corrected chi connectivity index (χ0v) is 22.3. The number of nitrogens with one attached hydrogen (secondary N) is 1. The number of ether oxygens (including phenoxy) is 1. The molecular formula is C26H36N4O3S2. The average Bonchev–Trinajstić information content (AvgIpc) is 3.38. The summed E-state index contributed by atoms with van der Waals surface area (Å²) in [4.78, 5) is 26.7. The number of methoxy groups -OCH3 is 1. The summed E-state index contributed by atoms with van der Waals surface area (Å²) < 4.78 is 7.15. The lowest BCUT2D eigenvalue weighted by Crippen LogP contribution is -2.17. The van der Waals surface area contributed by atoms with Crippen LogP contribution in [0, 0.1) is 5.92 Å². The maximum absolute atomic E-state index is 12.9. The Labute approximate surface area is 216 Å². The van der Waals surface area contributed by atoms with Gasteiger partial charge >= 0.3 is 5.97 Å². The number of hydrogen-bond acceptors (Lipinski definition) is 7. The number of carbonyl (C=O) groups excluding carboxylic acids is 2. The highest BCUT2D eigenvalue weighted by Crippen LogP contribution is 2.37. The predicted molar refractivity (Wildman–Crippen MR) is 141 cm³/mol. The minimum atomic E-state index is -0.371. The van der Waals surface area contributed by atoms with Crippen molar-refractivity contribution in [3.8, 4) is 0 Å². The number of anilines is 1. The quantitative estimate of drug-likeness (QED) is 0.257. The first kappa shape index (κ1) is 25.9. The van der Waals surface area contributed by atoms with Gasteiger partial charge in [0.25, 0.3) is 0 Å². The van der Waals surface area contributed by atoms with Gasteiger partial charge in [0, 0.05) is 17.8 Å². The molecule has 190 valence electrons. The van der Waals surface area contributed by atoms with Gasteiger partial charge in [0.2, 0.25) is 5.91 Å². The zero-order valence-electron chi connectivity index (χ0n) is 20.6. The number of aryl methyl sites for hydroxylation is 1. The minimum absolute atomic E-state index is 0.156. The number of nitrogens with zero attached hydrogens (tertiary/aromatic N) is 3.